The molecule has 1 radical (unpaired) electrons. The lowest BCUT2D eigenvalue weighted by molar-refractivity contribution is 0.223. The molecule has 2 nitrogen and oxygen atoms in total. The molecule has 3 aliphatic carbocycles. The Bertz CT molecular complexity index is 776. The van der Waals surface area contributed by atoms with E-state index in [1.165, 1.54) is 69.8 Å². The van der Waals surface area contributed by atoms with Crippen LogP contribution in [0.4, 0.5) is 0 Å². The average Bonchev–Trinajstić information content (AvgIpc) is 2.79. The fourth-order valence-electron chi connectivity index (χ4n) is 6.00. The molecule has 0 amide bonds. The first-order chi connectivity index (χ1) is 15.5. The van der Waals surface area contributed by atoms with E-state index in [0.29, 0.717) is 5.92 Å². The van der Waals surface area contributed by atoms with Crippen LogP contribution in [0.1, 0.15) is 110 Å². The van der Waals surface area contributed by atoms with Crippen LogP contribution >= 0.6 is 0 Å². The van der Waals surface area contributed by atoms with E-state index in [4.69, 9.17) is 9.47 Å². The fourth-order valence-corrected chi connectivity index (χ4v) is 6.00. The Balaban J connectivity index is 1.72. The predicted octanol–water partition coefficient (Wildman–Crippen LogP) is 8.56. The molecule has 0 spiro atoms. The third-order valence-electron chi connectivity index (χ3n) is 7.37. The number of ether oxygens (including phenoxy) is 2. The van der Waals surface area contributed by atoms with Crippen molar-refractivity contribution in [2.24, 2.45) is 11.8 Å². The maximum absolute atomic E-state index is 6.29. The Morgan fingerprint density at radius 3 is 1.81 bits per heavy atom. The van der Waals surface area contributed by atoms with Crippen molar-refractivity contribution >= 4 is 0 Å². The summed E-state index contributed by atoms with van der Waals surface area (Å²) in [5, 5.41) is 0. The van der Waals surface area contributed by atoms with Crippen molar-refractivity contribution in [3.8, 4) is 11.5 Å². The van der Waals surface area contributed by atoms with Crippen LogP contribution in [-0.4, -0.2) is 12.2 Å². The number of allylic oxidation sites excluding steroid dienone is 4. The zero-order valence-corrected chi connectivity index (χ0v) is 20.8. The zero-order valence-electron chi connectivity index (χ0n) is 20.8. The van der Waals surface area contributed by atoms with Crippen LogP contribution in [0.5, 0.6) is 11.5 Å². The molecule has 2 fully saturated rings. The molecule has 2 saturated carbocycles. The molecule has 0 aliphatic heterocycles. The molecule has 1 aromatic rings. The Kier molecular flexibility index (Phi) is 8.02. The fraction of sp³-hybridized carbons (Fsp3) is 0.667. The molecule has 32 heavy (non-hydrogen) atoms. The predicted molar refractivity (Wildman–Crippen MR) is 133 cm³/mol. The summed E-state index contributed by atoms with van der Waals surface area (Å²) >= 11 is 0. The first kappa shape index (κ1) is 23.5. The lowest BCUT2D eigenvalue weighted by Crippen LogP contribution is -2.21. The second-order valence-electron chi connectivity index (χ2n) is 10.7. The SMILES string of the molecule is CC(C)Oc1cccc(OC(C)C)c1C1[C]=C(C2CCCCC2)C(C2CCCCC2)=CC1. The van der Waals surface area contributed by atoms with Gasteiger partial charge in [-0.3, -0.25) is 0 Å². The summed E-state index contributed by atoms with van der Waals surface area (Å²) in [5.41, 5.74) is 4.41. The normalized spacial score (nSPS) is 23.2. The highest BCUT2D eigenvalue weighted by molar-refractivity contribution is 5.51. The maximum atomic E-state index is 6.29. The molecular weight excluding hydrogens is 392 g/mol. The van der Waals surface area contributed by atoms with Crippen molar-refractivity contribution in [3.05, 3.63) is 47.1 Å². The van der Waals surface area contributed by atoms with Gasteiger partial charge in [-0.2, -0.15) is 0 Å². The number of hydrogen-bond acceptors (Lipinski definition) is 2. The second kappa shape index (κ2) is 10.9. The quantitative estimate of drug-likeness (QED) is 0.427. The van der Waals surface area contributed by atoms with Gasteiger partial charge in [0.2, 0.25) is 0 Å². The third-order valence-corrected chi connectivity index (χ3v) is 7.37. The van der Waals surface area contributed by atoms with Gasteiger partial charge < -0.3 is 9.47 Å². The third kappa shape index (κ3) is 5.61. The maximum Gasteiger partial charge on any atom is 0.127 e. The Hall–Kier alpha value is -1.70. The van der Waals surface area contributed by atoms with Crippen molar-refractivity contribution in [1.29, 1.82) is 0 Å². The van der Waals surface area contributed by atoms with Gasteiger partial charge in [-0.15, -0.1) is 0 Å². The molecule has 0 N–H and O–H groups in total. The molecule has 0 heterocycles. The molecule has 1 unspecified atom stereocenters. The number of benzene rings is 1. The zero-order chi connectivity index (χ0) is 22.5. The molecule has 4 rings (SSSR count). The summed E-state index contributed by atoms with van der Waals surface area (Å²) < 4.78 is 12.6. The van der Waals surface area contributed by atoms with E-state index in [-0.39, 0.29) is 18.1 Å². The van der Waals surface area contributed by atoms with E-state index in [9.17, 15) is 0 Å². The van der Waals surface area contributed by atoms with E-state index in [1.807, 2.05) is 0 Å². The van der Waals surface area contributed by atoms with Crippen LogP contribution in [0, 0.1) is 17.9 Å². The van der Waals surface area contributed by atoms with Crippen LogP contribution in [-0.2, 0) is 0 Å². The van der Waals surface area contributed by atoms with Gasteiger partial charge in [0, 0.05) is 11.5 Å². The highest BCUT2D eigenvalue weighted by Crippen LogP contribution is 2.47. The topological polar surface area (TPSA) is 18.5 Å². The second-order valence-corrected chi connectivity index (χ2v) is 10.7. The smallest absolute Gasteiger partial charge is 0.127 e. The monoisotopic (exact) mass is 435 g/mol. The molecule has 0 saturated heterocycles. The average molecular weight is 436 g/mol. The van der Waals surface area contributed by atoms with Crippen LogP contribution < -0.4 is 9.47 Å². The van der Waals surface area contributed by atoms with E-state index in [0.717, 1.165) is 23.8 Å². The number of rotatable bonds is 7. The van der Waals surface area contributed by atoms with Gasteiger partial charge in [-0.1, -0.05) is 50.7 Å². The van der Waals surface area contributed by atoms with Gasteiger partial charge in [0.25, 0.3) is 0 Å². The van der Waals surface area contributed by atoms with Gasteiger partial charge in [-0.05, 0) is 101 Å². The minimum atomic E-state index is 0.141. The van der Waals surface area contributed by atoms with Crippen molar-refractivity contribution < 1.29 is 9.47 Å². The lowest BCUT2D eigenvalue weighted by atomic mass is 9.70. The Morgan fingerprint density at radius 2 is 1.28 bits per heavy atom. The first-order valence-electron chi connectivity index (χ1n) is 13.3. The minimum Gasteiger partial charge on any atom is -0.491 e. The van der Waals surface area contributed by atoms with Crippen LogP contribution in [0.25, 0.3) is 0 Å². The molecule has 2 heteroatoms. The highest BCUT2D eigenvalue weighted by atomic mass is 16.5. The summed E-state index contributed by atoms with van der Waals surface area (Å²) in [6.07, 6.45) is 21.7. The summed E-state index contributed by atoms with van der Waals surface area (Å²) in [6, 6.07) is 6.30. The van der Waals surface area contributed by atoms with Gasteiger partial charge in [-0.25, -0.2) is 0 Å². The van der Waals surface area contributed by atoms with Crippen molar-refractivity contribution in [2.45, 2.75) is 116 Å². The van der Waals surface area contributed by atoms with Crippen LogP contribution in [0.2, 0.25) is 0 Å². The van der Waals surface area contributed by atoms with Gasteiger partial charge in [0.05, 0.1) is 12.2 Å². The largest absolute Gasteiger partial charge is 0.491 e. The summed E-state index contributed by atoms with van der Waals surface area (Å²) in [5.74, 6) is 3.58. The molecule has 1 atom stereocenters. The van der Waals surface area contributed by atoms with Crippen molar-refractivity contribution in [3.63, 3.8) is 0 Å². The summed E-state index contributed by atoms with van der Waals surface area (Å²) in [6.45, 7) is 8.42. The first-order valence-corrected chi connectivity index (χ1v) is 13.3. The van der Waals surface area contributed by atoms with Crippen molar-refractivity contribution in [2.75, 3.05) is 0 Å². The molecule has 1 aromatic carbocycles. The molecule has 175 valence electrons. The summed E-state index contributed by atoms with van der Waals surface area (Å²) in [7, 11) is 0. The van der Waals surface area contributed by atoms with E-state index in [1.54, 1.807) is 11.1 Å². The highest BCUT2D eigenvalue weighted by Gasteiger charge is 2.32. The minimum absolute atomic E-state index is 0.141. The van der Waals surface area contributed by atoms with Crippen LogP contribution in [0.3, 0.4) is 0 Å². The van der Waals surface area contributed by atoms with Gasteiger partial charge >= 0.3 is 0 Å². The molecule has 3 aliphatic rings. The Labute approximate surface area is 196 Å². The van der Waals surface area contributed by atoms with E-state index < -0.39 is 0 Å². The number of hydrogen-bond donors (Lipinski definition) is 0. The molecule has 0 aromatic heterocycles. The lowest BCUT2D eigenvalue weighted by Gasteiger charge is -2.35. The Morgan fingerprint density at radius 1 is 0.750 bits per heavy atom. The van der Waals surface area contributed by atoms with Gasteiger partial charge in [0.15, 0.2) is 0 Å². The van der Waals surface area contributed by atoms with E-state index >= 15 is 0 Å². The van der Waals surface area contributed by atoms with E-state index in [2.05, 4.69) is 58.0 Å². The molecule has 0 bridgehead atoms. The standard InChI is InChI=1S/C30H43O2/c1-21(2)31-28-16-11-17-29(32-22(3)4)30(28)25-18-19-26(23-12-7-5-8-13-23)27(20-25)24-14-9-6-10-15-24/h11,16-17,19,21-25H,5-10,12-15,18H2,1-4H3. The van der Waals surface area contributed by atoms with Crippen molar-refractivity contribution in [1.82, 2.24) is 0 Å². The molecular formula is C30H43O2. The van der Waals surface area contributed by atoms with Gasteiger partial charge in [0.1, 0.15) is 11.5 Å². The summed E-state index contributed by atoms with van der Waals surface area (Å²) in [4.78, 5) is 0. The van der Waals surface area contributed by atoms with Crippen LogP contribution in [0.15, 0.2) is 35.4 Å².